The van der Waals surface area contributed by atoms with Crippen molar-refractivity contribution < 1.29 is 14.6 Å². The van der Waals surface area contributed by atoms with Gasteiger partial charge in [0.2, 0.25) is 0 Å². The van der Waals surface area contributed by atoms with Crippen molar-refractivity contribution in [1.82, 2.24) is 9.78 Å². The molecule has 0 bridgehead atoms. The molecule has 0 aliphatic heterocycles. The van der Waals surface area contributed by atoms with Crippen LogP contribution in [-0.2, 0) is 16.6 Å². The van der Waals surface area contributed by atoms with Gasteiger partial charge in [0.05, 0.1) is 29.5 Å². The normalized spacial score (nSPS) is 25.6. The molecule has 0 spiro atoms. The Kier molecular flexibility index (Phi) is 4.88. The Balaban J connectivity index is 1.85. The van der Waals surface area contributed by atoms with Crippen molar-refractivity contribution in [3.8, 4) is 0 Å². The predicted molar refractivity (Wildman–Crippen MR) is 80.0 cm³/mol. The molecule has 21 heavy (non-hydrogen) atoms. The van der Waals surface area contributed by atoms with Crippen molar-refractivity contribution >= 4 is 11.7 Å². The minimum Gasteiger partial charge on any atom is -0.466 e. The Labute approximate surface area is 125 Å². The number of aryl methyl sites for hydroxylation is 2. The Morgan fingerprint density at radius 2 is 2.24 bits per heavy atom. The van der Waals surface area contributed by atoms with E-state index in [4.69, 9.17) is 4.74 Å². The fourth-order valence-electron chi connectivity index (χ4n) is 2.86. The van der Waals surface area contributed by atoms with E-state index >= 15 is 0 Å². The lowest BCUT2D eigenvalue weighted by Gasteiger charge is -2.35. The minimum atomic E-state index is -0.759. The molecule has 1 fully saturated rings. The molecular formula is C15H25N3O3. The SMILES string of the molecule is CCOC(=O)C1CCC(O)(CNc2cn(C)nc2C)CC1. The van der Waals surface area contributed by atoms with E-state index in [1.54, 1.807) is 4.68 Å². The lowest BCUT2D eigenvalue weighted by atomic mass is 9.78. The molecule has 0 atom stereocenters. The summed E-state index contributed by atoms with van der Waals surface area (Å²) in [5.74, 6) is -0.194. The van der Waals surface area contributed by atoms with Gasteiger partial charge in [-0.2, -0.15) is 5.10 Å². The minimum absolute atomic E-state index is 0.0645. The summed E-state index contributed by atoms with van der Waals surface area (Å²) in [6.45, 7) is 4.65. The highest BCUT2D eigenvalue weighted by molar-refractivity contribution is 5.72. The molecule has 0 amide bonds. The number of hydrogen-bond acceptors (Lipinski definition) is 5. The highest BCUT2D eigenvalue weighted by Gasteiger charge is 2.36. The summed E-state index contributed by atoms with van der Waals surface area (Å²) in [4.78, 5) is 11.7. The van der Waals surface area contributed by atoms with E-state index in [2.05, 4.69) is 10.4 Å². The van der Waals surface area contributed by atoms with Gasteiger partial charge in [0.15, 0.2) is 0 Å². The highest BCUT2D eigenvalue weighted by Crippen LogP contribution is 2.33. The number of esters is 1. The first-order valence-electron chi connectivity index (χ1n) is 7.56. The molecule has 1 aliphatic carbocycles. The van der Waals surface area contributed by atoms with Gasteiger partial charge >= 0.3 is 5.97 Å². The number of carbonyl (C=O) groups excluding carboxylic acids is 1. The van der Waals surface area contributed by atoms with Crippen LogP contribution in [0.15, 0.2) is 6.20 Å². The van der Waals surface area contributed by atoms with Gasteiger partial charge in [-0.3, -0.25) is 9.48 Å². The molecule has 1 saturated carbocycles. The van der Waals surface area contributed by atoms with Crippen molar-refractivity contribution in [2.75, 3.05) is 18.5 Å². The molecule has 1 aromatic rings. The Bertz CT molecular complexity index is 490. The number of hydrogen-bond donors (Lipinski definition) is 2. The van der Waals surface area contributed by atoms with Crippen LogP contribution < -0.4 is 5.32 Å². The largest absolute Gasteiger partial charge is 0.466 e. The van der Waals surface area contributed by atoms with Crippen LogP contribution in [0.25, 0.3) is 0 Å². The van der Waals surface area contributed by atoms with Gasteiger partial charge in [0.25, 0.3) is 0 Å². The van der Waals surface area contributed by atoms with E-state index < -0.39 is 5.60 Å². The third kappa shape index (κ3) is 3.97. The topological polar surface area (TPSA) is 76.4 Å². The third-order valence-corrected chi connectivity index (χ3v) is 4.16. The van der Waals surface area contributed by atoms with Gasteiger partial charge in [-0.1, -0.05) is 0 Å². The maximum atomic E-state index is 11.7. The molecule has 6 heteroatoms. The second-order valence-corrected chi connectivity index (χ2v) is 5.91. The highest BCUT2D eigenvalue weighted by atomic mass is 16.5. The lowest BCUT2D eigenvalue weighted by Crippen LogP contribution is -2.42. The fourth-order valence-corrected chi connectivity index (χ4v) is 2.86. The van der Waals surface area contributed by atoms with E-state index in [1.165, 1.54) is 0 Å². The molecule has 0 radical (unpaired) electrons. The van der Waals surface area contributed by atoms with Crippen molar-refractivity contribution in [2.24, 2.45) is 13.0 Å². The average Bonchev–Trinajstić information content (AvgIpc) is 2.76. The molecule has 1 heterocycles. The van der Waals surface area contributed by atoms with Gasteiger partial charge < -0.3 is 15.2 Å². The van der Waals surface area contributed by atoms with Crippen molar-refractivity contribution in [2.45, 2.75) is 45.1 Å². The molecule has 1 aliphatic rings. The quantitative estimate of drug-likeness (QED) is 0.807. The summed E-state index contributed by atoms with van der Waals surface area (Å²) >= 11 is 0. The number of aromatic nitrogens is 2. The van der Waals surface area contributed by atoms with Crippen LogP contribution in [0, 0.1) is 12.8 Å². The van der Waals surface area contributed by atoms with E-state index in [0.717, 1.165) is 11.4 Å². The van der Waals surface area contributed by atoms with Crippen LogP contribution in [-0.4, -0.2) is 39.6 Å². The summed E-state index contributed by atoms with van der Waals surface area (Å²) in [5, 5.41) is 18.1. The molecule has 118 valence electrons. The Hall–Kier alpha value is -1.56. The number of anilines is 1. The van der Waals surface area contributed by atoms with Crippen LogP contribution in [0.3, 0.4) is 0 Å². The van der Waals surface area contributed by atoms with Crippen LogP contribution in [0.2, 0.25) is 0 Å². The predicted octanol–water partition coefficient (Wildman–Crippen LogP) is 1.62. The smallest absolute Gasteiger partial charge is 0.308 e. The van der Waals surface area contributed by atoms with Gasteiger partial charge in [0.1, 0.15) is 0 Å². The van der Waals surface area contributed by atoms with E-state index in [0.29, 0.717) is 38.8 Å². The number of nitrogens with zero attached hydrogens (tertiary/aromatic N) is 2. The number of aliphatic hydroxyl groups is 1. The second kappa shape index (κ2) is 6.47. The molecule has 0 saturated heterocycles. The third-order valence-electron chi connectivity index (χ3n) is 4.16. The van der Waals surface area contributed by atoms with Crippen LogP contribution in [0.5, 0.6) is 0 Å². The summed E-state index contributed by atoms with van der Waals surface area (Å²) in [5.41, 5.74) is 1.10. The number of ether oxygens (including phenoxy) is 1. The lowest BCUT2D eigenvalue weighted by molar-refractivity contribution is -0.150. The van der Waals surface area contributed by atoms with Crippen molar-refractivity contribution in [3.05, 3.63) is 11.9 Å². The first-order chi connectivity index (χ1) is 9.93. The summed E-state index contributed by atoms with van der Waals surface area (Å²) < 4.78 is 6.80. The van der Waals surface area contributed by atoms with Gasteiger partial charge in [-0.15, -0.1) is 0 Å². The van der Waals surface area contributed by atoms with Gasteiger partial charge in [0, 0.05) is 19.8 Å². The fraction of sp³-hybridized carbons (Fsp3) is 0.733. The van der Waals surface area contributed by atoms with Crippen molar-refractivity contribution in [1.29, 1.82) is 0 Å². The van der Waals surface area contributed by atoms with E-state index in [9.17, 15) is 9.90 Å². The maximum absolute atomic E-state index is 11.7. The zero-order valence-electron chi connectivity index (χ0n) is 13.1. The Morgan fingerprint density at radius 1 is 1.57 bits per heavy atom. The summed E-state index contributed by atoms with van der Waals surface area (Å²) in [6.07, 6.45) is 4.50. The summed E-state index contributed by atoms with van der Waals surface area (Å²) in [7, 11) is 1.87. The number of carbonyl (C=O) groups is 1. The standard InChI is InChI=1S/C15H25N3O3/c1-4-21-14(19)12-5-7-15(20,8-6-12)10-16-13-9-18(3)17-11(13)2/h9,12,16,20H,4-8,10H2,1-3H3. The van der Waals surface area contributed by atoms with Crippen LogP contribution in [0.1, 0.15) is 38.3 Å². The van der Waals surface area contributed by atoms with Crippen LogP contribution in [0.4, 0.5) is 5.69 Å². The molecule has 2 N–H and O–H groups in total. The first kappa shape index (κ1) is 15.8. The Morgan fingerprint density at radius 3 is 2.76 bits per heavy atom. The second-order valence-electron chi connectivity index (χ2n) is 5.91. The van der Waals surface area contributed by atoms with E-state index in [1.807, 2.05) is 27.1 Å². The zero-order chi connectivity index (χ0) is 15.5. The number of rotatable bonds is 5. The van der Waals surface area contributed by atoms with Gasteiger partial charge in [-0.25, -0.2) is 0 Å². The molecule has 2 rings (SSSR count). The first-order valence-corrected chi connectivity index (χ1v) is 7.56. The maximum Gasteiger partial charge on any atom is 0.308 e. The zero-order valence-corrected chi connectivity index (χ0v) is 13.1. The monoisotopic (exact) mass is 295 g/mol. The van der Waals surface area contributed by atoms with Crippen molar-refractivity contribution in [3.63, 3.8) is 0 Å². The molecule has 1 aromatic heterocycles. The number of nitrogens with one attached hydrogen (secondary N) is 1. The van der Waals surface area contributed by atoms with Crippen LogP contribution >= 0.6 is 0 Å². The summed E-state index contributed by atoms with van der Waals surface area (Å²) in [6, 6.07) is 0. The molecular weight excluding hydrogens is 270 g/mol. The molecule has 6 nitrogen and oxygen atoms in total. The average molecular weight is 295 g/mol. The van der Waals surface area contributed by atoms with Gasteiger partial charge in [-0.05, 0) is 39.5 Å². The molecule has 0 aromatic carbocycles. The van der Waals surface area contributed by atoms with E-state index in [-0.39, 0.29) is 11.9 Å². The molecule has 0 unspecified atom stereocenters.